The van der Waals surface area contributed by atoms with Crippen molar-refractivity contribution in [2.24, 2.45) is 0 Å². The first-order chi connectivity index (χ1) is 15.0. The molecule has 6 nitrogen and oxygen atoms in total. The van der Waals surface area contributed by atoms with Gasteiger partial charge in [0.1, 0.15) is 6.07 Å². The summed E-state index contributed by atoms with van der Waals surface area (Å²) in [6.07, 6.45) is 0. The van der Waals surface area contributed by atoms with E-state index in [1.54, 1.807) is 0 Å². The Labute approximate surface area is 199 Å². The number of nitriles is 1. The molecule has 164 valence electrons. The van der Waals surface area contributed by atoms with E-state index in [-0.39, 0.29) is 26.7 Å². The zero-order valence-electron chi connectivity index (χ0n) is 16.2. The minimum Gasteiger partial charge on any atom is -0.374 e. The summed E-state index contributed by atoms with van der Waals surface area (Å²) < 4.78 is 26.1. The second-order valence-electron chi connectivity index (χ2n) is 6.84. The van der Waals surface area contributed by atoms with Crippen molar-refractivity contribution in [3.05, 3.63) is 92.9 Å². The number of rotatable bonds is 6. The first-order valence-electron chi connectivity index (χ1n) is 9.03. The molecule has 0 heterocycles. The lowest BCUT2D eigenvalue weighted by Gasteiger charge is -2.27. The summed E-state index contributed by atoms with van der Waals surface area (Å²) in [6, 6.07) is 17.0. The van der Waals surface area contributed by atoms with E-state index < -0.39 is 27.1 Å². The normalized spacial score (nSPS) is 13.1. The number of anilines is 1. The van der Waals surface area contributed by atoms with Crippen LogP contribution in [-0.2, 0) is 20.2 Å². The molecule has 0 spiro atoms. The van der Waals surface area contributed by atoms with Gasteiger partial charge in [0, 0.05) is 15.7 Å². The molecule has 2 N–H and O–H groups in total. The van der Waals surface area contributed by atoms with Crippen LogP contribution in [0.1, 0.15) is 11.1 Å². The minimum atomic E-state index is -4.12. The second-order valence-corrected chi connectivity index (χ2v) is 10.1. The molecule has 3 rings (SSSR count). The lowest BCUT2D eigenvalue weighted by Crippen LogP contribution is -2.46. The van der Waals surface area contributed by atoms with Crippen molar-refractivity contribution in [3.63, 3.8) is 0 Å². The van der Waals surface area contributed by atoms with Crippen LogP contribution in [0.4, 0.5) is 5.69 Å². The number of carbonyl (C=O) groups excluding carboxylic acids is 1. The van der Waals surface area contributed by atoms with Crippen molar-refractivity contribution < 1.29 is 18.3 Å². The maximum atomic E-state index is 13.2. The fourth-order valence-corrected chi connectivity index (χ4v) is 4.96. The topological polar surface area (TPSA) is 107 Å². The van der Waals surface area contributed by atoms with Gasteiger partial charge in [0.05, 0.1) is 21.2 Å². The highest BCUT2D eigenvalue weighted by Gasteiger charge is 2.43. The van der Waals surface area contributed by atoms with E-state index in [4.69, 9.17) is 40.1 Å². The standard InChI is InChI=1S/C22H15Cl3N2O4S/c23-16-4-2-15(3-5-16)22(29,13-32(30,31)19-9-6-17(24)7-10-19)21(28)27-18-8-1-14(12-26)20(25)11-18/h1-11,29H,13H2,(H,27,28). The third kappa shape index (κ3) is 5.23. The van der Waals surface area contributed by atoms with Gasteiger partial charge < -0.3 is 10.4 Å². The summed E-state index contributed by atoms with van der Waals surface area (Å²) in [4.78, 5) is 13.1. The van der Waals surface area contributed by atoms with Crippen LogP contribution in [0.15, 0.2) is 71.6 Å². The van der Waals surface area contributed by atoms with Crippen LogP contribution in [0, 0.1) is 11.3 Å². The highest BCUT2D eigenvalue weighted by molar-refractivity contribution is 7.91. The summed E-state index contributed by atoms with van der Waals surface area (Å²) in [5, 5.41) is 23.6. The lowest BCUT2D eigenvalue weighted by molar-refractivity contribution is -0.132. The minimum absolute atomic E-state index is 0.0247. The molecule has 0 aliphatic heterocycles. The SMILES string of the molecule is N#Cc1ccc(NC(=O)C(O)(CS(=O)(=O)c2ccc(Cl)cc2)c2ccc(Cl)cc2)cc1Cl. The van der Waals surface area contributed by atoms with Gasteiger partial charge in [-0.15, -0.1) is 0 Å². The Hall–Kier alpha value is -2.60. The molecule has 3 aromatic carbocycles. The average molecular weight is 510 g/mol. The number of nitrogens with zero attached hydrogens (tertiary/aromatic N) is 1. The molecule has 0 aliphatic rings. The zero-order valence-corrected chi connectivity index (χ0v) is 19.3. The van der Waals surface area contributed by atoms with E-state index in [1.807, 2.05) is 6.07 Å². The van der Waals surface area contributed by atoms with Gasteiger partial charge in [0.15, 0.2) is 15.4 Å². The molecule has 1 amide bonds. The molecular weight excluding hydrogens is 495 g/mol. The smallest absolute Gasteiger partial charge is 0.262 e. The van der Waals surface area contributed by atoms with Gasteiger partial charge in [-0.25, -0.2) is 8.42 Å². The number of carbonyl (C=O) groups is 1. The van der Waals surface area contributed by atoms with E-state index in [0.717, 1.165) is 0 Å². The fraction of sp³-hybridized carbons (Fsp3) is 0.0909. The highest BCUT2D eigenvalue weighted by atomic mass is 35.5. The Morgan fingerprint density at radius 3 is 2.06 bits per heavy atom. The van der Waals surface area contributed by atoms with Gasteiger partial charge in [-0.05, 0) is 60.2 Å². The van der Waals surface area contributed by atoms with Gasteiger partial charge >= 0.3 is 0 Å². The number of hydrogen-bond acceptors (Lipinski definition) is 5. The summed E-state index contributed by atoms with van der Waals surface area (Å²) in [5.41, 5.74) is -2.07. The molecule has 0 radical (unpaired) electrons. The number of aliphatic hydroxyl groups is 1. The third-order valence-electron chi connectivity index (χ3n) is 4.62. The predicted octanol–water partition coefficient (Wildman–Crippen LogP) is 4.82. The van der Waals surface area contributed by atoms with Crippen LogP contribution in [0.25, 0.3) is 0 Å². The Kier molecular flexibility index (Phi) is 7.13. The molecule has 0 saturated heterocycles. The maximum Gasteiger partial charge on any atom is 0.262 e. The van der Waals surface area contributed by atoms with Crippen molar-refractivity contribution in [2.75, 3.05) is 11.1 Å². The fourth-order valence-electron chi connectivity index (χ4n) is 2.92. The second kappa shape index (κ2) is 9.49. The molecule has 1 atom stereocenters. The van der Waals surface area contributed by atoms with Crippen LogP contribution in [-0.4, -0.2) is 25.2 Å². The lowest BCUT2D eigenvalue weighted by atomic mass is 9.94. The molecule has 10 heteroatoms. The van der Waals surface area contributed by atoms with Gasteiger partial charge in [0.25, 0.3) is 5.91 Å². The third-order valence-corrected chi connectivity index (χ3v) is 7.22. The molecule has 3 aromatic rings. The Bertz CT molecular complexity index is 1300. The summed E-state index contributed by atoms with van der Waals surface area (Å²) in [7, 11) is -4.12. The molecule has 0 saturated carbocycles. The number of sulfone groups is 1. The van der Waals surface area contributed by atoms with Crippen molar-refractivity contribution in [1.82, 2.24) is 0 Å². The number of halogens is 3. The van der Waals surface area contributed by atoms with E-state index in [0.29, 0.717) is 10.0 Å². The van der Waals surface area contributed by atoms with Crippen LogP contribution < -0.4 is 5.32 Å². The summed E-state index contributed by atoms with van der Waals surface area (Å²) >= 11 is 17.7. The molecule has 0 aromatic heterocycles. The monoisotopic (exact) mass is 508 g/mol. The van der Waals surface area contributed by atoms with Crippen molar-refractivity contribution in [2.45, 2.75) is 10.5 Å². The van der Waals surface area contributed by atoms with Crippen LogP contribution in [0.5, 0.6) is 0 Å². The highest BCUT2D eigenvalue weighted by Crippen LogP contribution is 2.30. The number of hydrogen-bond donors (Lipinski definition) is 2. The number of amides is 1. The molecular formula is C22H15Cl3N2O4S. The molecule has 0 aliphatic carbocycles. The first kappa shape index (κ1) is 24.1. The van der Waals surface area contributed by atoms with Gasteiger partial charge in [0.2, 0.25) is 0 Å². The first-order valence-corrected chi connectivity index (χ1v) is 11.8. The summed E-state index contributed by atoms with van der Waals surface area (Å²) in [5.74, 6) is -1.95. The quantitative estimate of drug-likeness (QED) is 0.495. The number of benzene rings is 3. The van der Waals surface area contributed by atoms with Crippen LogP contribution in [0.3, 0.4) is 0 Å². The molecule has 32 heavy (non-hydrogen) atoms. The van der Waals surface area contributed by atoms with Crippen molar-refractivity contribution in [3.8, 4) is 6.07 Å². The van der Waals surface area contributed by atoms with Gasteiger partial charge in [-0.3, -0.25) is 4.79 Å². The molecule has 0 bridgehead atoms. The molecule has 0 fully saturated rings. The van der Waals surface area contributed by atoms with E-state index in [1.165, 1.54) is 66.7 Å². The number of nitrogens with one attached hydrogen (secondary N) is 1. The Morgan fingerprint density at radius 2 is 1.53 bits per heavy atom. The zero-order chi connectivity index (χ0) is 23.5. The van der Waals surface area contributed by atoms with E-state index in [9.17, 15) is 18.3 Å². The summed E-state index contributed by atoms with van der Waals surface area (Å²) in [6.45, 7) is 0. The van der Waals surface area contributed by atoms with E-state index >= 15 is 0 Å². The van der Waals surface area contributed by atoms with Crippen molar-refractivity contribution >= 4 is 56.2 Å². The van der Waals surface area contributed by atoms with Crippen LogP contribution in [0.2, 0.25) is 15.1 Å². The van der Waals surface area contributed by atoms with Gasteiger partial charge in [-0.2, -0.15) is 5.26 Å². The maximum absolute atomic E-state index is 13.2. The molecule has 1 unspecified atom stereocenters. The Balaban J connectivity index is 2.02. The van der Waals surface area contributed by atoms with E-state index in [2.05, 4.69) is 5.32 Å². The van der Waals surface area contributed by atoms with Crippen molar-refractivity contribution in [1.29, 1.82) is 5.26 Å². The Morgan fingerprint density at radius 1 is 0.969 bits per heavy atom. The predicted molar refractivity (Wildman–Crippen MR) is 124 cm³/mol. The largest absolute Gasteiger partial charge is 0.374 e. The van der Waals surface area contributed by atoms with Gasteiger partial charge in [-0.1, -0.05) is 46.9 Å². The van der Waals surface area contributed by atoms with Crippen LogP contribution >= 0.6 is 34.8 Å². The average Bonchev–Trinajstić information content (AvgIpc) is 2.74.